The first-order chi connectivity index (χ1) is 9.36. The molecule has 2 amide bonds. The van der Waals surface area contributed by atoms with Crippen molar-refractivity contribution in [2.75, 3.05) is 12.0 Å². The summed E-state index contributed by atoms with van der Waals surface area (Å²) in [7, 11) is -3.99. The van der Waals surface area contributed by atoms with Gasteiger partial charge in [-0.3, -0.25) is 14.9 Å². The van der Waals surface area contributed by atoms with Crippen molar-refractivity contribution >= 4 is 27.7 Å². The number of nitrogens with two attached hydrogens (primary N) is 1. The van der Waals surface area contributed by atoms with E-state index in [-0.39, 0.29) is 10.7 Å². The van der Waals surface area contributed by atoms with Crippen LogP contribution in [-0.4, -0.2) is 42.1 Å². The summed E-state index contributed by atoms with van der Waals surface area (Å²) in [4.78, 5) is 26.6. The maximum Gasteiger partial charge on any atom is 0.244 e. The van der Waals surface area contributed by atoms with Crippen LogP contribution in [0.5, 0.6) is 0 Å². The fourth-order valence-electron chi connectivity index (χ4n) is 1.77. The largest absolute Gasteiger partial charge is 0.308 e. The number of sulfonamides is 1. The van der Waals surface area contributed by atoms with Crippen LogP contribution in [0.3, 0.4) is 0 Å². The molecule has 1 atom stereocenters. The SMILES string of the molecule is CC1C(=O)NC(=O)CN1S(=O)(=O)c1ccnc(NN)c1. The smallest absolute Gasteiger partial charge is 0.244 e. The third kappa shape index (κ3) is 2.48. The van der Waals surface area contributed by atoms with Gasteiger partial charge in [0.2, 0.25) is 21.8 Å². The van der Waals surface area contributed by atoms with Gasteiger partial charge in [-0.25, -0.2) is 19.2 Å². The fourth-order valence-corrected chi connectivity index (χ4v) is 3.33. The molecule has 0 bridgehead atoms. The normalized spacial score (nSPS) is 20.6. The first-order valence-corrected chi connectivity index (χ1v) is 7.08. The van der Waals surface area contributed by atoms with Crippen molar-refractivity contribution in [3.05, 3.63) is 18.3 Å². The number of pyridine rings is 1. The van der Waals surface area contributed by atoms with Gasteiger partial charge in [0.1, 0.15) is 11.9 Å². The quantitative estimate of drug-likeness (QED) is 0.347. The van der Waals surface area contributed by atoms with E-state index in [2.05, 4.69) is 15.7 Å². The molecule has 1 aliphatic rings. The standard InChI is InChI=1S/C10H13N5O4S/c1-6-10(17)13-9(16)5-15(6)20(18,19)7-2-3-12-8(4-7)14-11/h2-4,6H,5,11H2,1H3,(H,12,14)(H,13,16,17). The van der Waals surface area contributed by atoms with Gasteiger partial charge in [-0.1, -0.05) is 0 Å². The highest BCUT2D eigenvalue weighted by molar-refractivity contribution is 7.89. The molecule has 1 saturated heterocycles. The number of hydrogen-bond acceptors (Lipinski definition) is 7. The molecule has 1 unspecified atom stereocenters. The number of nitrogens with one attached hydrogen (secondary N) is 2. The molecule has 0 aliphatic carbocycles. The molecule has 1 aromatic heterocycles. The molecule has 0 aromatic carbocycles. The van der Waals surface area contributed by atoms with Crippen LogP contribution in [0.2, 0.25) is 0 Å². The average molecular weight is 299 g/mol. The zero-order valence-corrected chi connectivity index (χ0v) is 11.3. The topological polar surface area (TPSA) is 134 Å². The molecule has 4 N–H and O–H groups in total. The second-order valence-corrected chi connectivity index (χ2v) is 6.05. The maximum absolute atomic E-state index is 12.5. The van der Waals surface area contributed by atoms with E-state index in [0.717, 1.165) is 4.31 Å². The van der Waals surface area contributed by atoms with Crippen LogP contribution in [0.1, 0.15) is 6.92 Å². The number of amides is 2. The summed E-state index contributed by atoms with van der Waals surface area (Å²) in [6, 6.07) is 1.51. The Labute approximate surface area is 115 Å². The third-order valence-corrected chi connectivity index (χ3v) is 4.77. The minimum atomic E-state index is -3.99. The van der Waals surface area contributed by atoms with E-state index < -0.39 is 34.4 Å². The lowest BCUT2D eigenvalue weighted by atomic mass is 10.2. The van der Waals surface area contributed by atoms with Crippen molar-refractivity contribution in [3.63, 3.8) is 0 Å². The molecule has 10 heteroatoms. The average Bonchev–Trinajstić information content (AvgIpc) is 2.42. The number of piperazine rings is 1. The maximum atomic E-state index is 12.5. The van der Waals surface area contributed by atoms with Gasteiger partial charge in [0.15, 0.2) is 0 Å². The van der Waals surface area contributed by atoms with Gasteiger partial charge in [-0.15, -0.1) is 0 Å². The second kappa shape index (κ2) is 5.15. The Morgan fingerprint density at radius 1 is 1.50 bits per heavy atom. The number of anilines is 1. The Kier molecular flexibility index (Phi) is 3.70. The van der Waals surface area contributed by atoms with Crippen LogP contribution in [0.25, 0.3) is 0 Å². The summed E-state index contributed by atoms with van der Waals surface area (Å²) in [6.07, 6.45) is 1.26. The molecular weight excluding hydrogens is 286 g/mol. The molecule has 1 aliphatic heterocycles. The van der Waals surface area contributed by atoms with Crippen molar-refractivity contribution < 1.29 is 18.0 Å². The van der Waals surface area contributed by atoms with E-state index in [4.69, 9.17) is 5.84 Å². The number of hydrazine groups is 1. The Bertz CT molecular complexity index is 659. The lowest BCUT2D eigenvalue weighted by Gasteiger charge is -2.30. The minimum absolute atomic E-state index is 0.102. The lowest BCUT2D eigenvalue weighted by Crippen LogP contribution is -2.58. The van der Waals surface area contributed by atoms with Crippen molar-refractivity contribution in [2.24, 2.45) is 5.84 Å². The Morgan fingerprint density at radius 2 is 2.20 bits per heavy atom. The van der Waals surface area contributed by atoms with Crippen molar-refractivity contribution in [1.82, 2.24) is 14.6 Å². The van der Waals surface area contributed by atoms with E-state index in [0.29, 0.717) is 0 Å². The molecule has 9 nitrogen and oxygen atoms in total. The van der Waals surface area contributed by atoms with Crippen LogP contribution >= 0.6 is 0 Å². The Hall–Kier alpha value is -2.04. The molecule has 108 valence electrons. The highest BCUT2D eigenvalue weighted by atomic mass is 32.2. The number of hydrogen-bond donors (Lipinski definition) is 3. The van der Waals surface area contributed by atoms with Crippen molar-refractivity contribution in [3.8, 4) is 0 Å². The van der Waals surface area contributed by atoms with Gasteiger partial charge in [0.05, 0.1) is 11.4 Å². The predicted octanol–water partition coefficient (Wildman–Crippen LogP) is -1.60. The van der Waals surface area contributed by atoms with E-state index >= 15 is 0 Å². The monoisotopic (exact) mass is 299 g/mol. The van der Waals surface area contributed by atoms with Crippen LogP contribution in [-0.2, 0) is 19.6 Å². The molecular formula is C10H13N5O4S. The molecule has 0 saturated carbocycles. The molecule has 1 aromatic rings. The third-order valence-electron chi connectivity index (χ3n) is 2.86. The molecule has 0 spiro atoms. The summed E-state index contributed by atoms with van der Waals surface area (Å²) in [5.74, 6) is 4.01. The summed E-state index contributed by atoms with van der Waals surface area (Å²) < 4.78 is 25.7. The van der Waals surface area contributed by atoms with E-state index in [9.17, 15) is 18.0 Å². The highest BCUT2D eigenvalue weighted by Gasteiger charge is 2.39. The lowest BCUT2D eigenvalue weighted by molar-refractivity contribution is -0.136. The predicted molar refractivity (Wildman–Crippen MR) is 68.6 cm³/mol. The first kappa shape index (κ1) is 14.4. The summed E-state index contributed by atoms with van der Waals surface area (Å²) in [6.45, 7) is 0.992. The minimum Gasteiger partial charge on any atom is -0.308 e. The van der Waals surface area contributed by atoms with E-state index in [1.807, 2.05) is 0 Å². The summed E-state index contributed by atoms with van der Waals surface area (Å²) >= 11 is 0. The zero-order valence-electron chi connectivity index (χ0n) is 10.5. The molecule has 0 radical (unpaired) electrons. The van der Waals surface area contributed by atoms with Gasteiger partial charge < -0.3 is 5.43 Å². The first-order valence-electron chi connectivity index (χ1n) is 5.64. The van der Waals surface area contributed by atoms with Gasteiger partial charge in [0, 0.05) is 12.3 Å². The molecule has 2 rings (SSSR count). The molecule has 20 heavy (non-hydrogen) atoms. The van der Waals surface area contributed by atoms with Gasteiger partial charge in [0.25, 0.3) is 0 Å². The number of nitrogens with zero attached hydrogens (tertiary/aromatic N) is 2. The van der Waals surface area contributed by atoms with Gasteiger partial charge in [-0.05, 0) is 13.0 Å². The highest BCUT2D eigenvalue weighted by Crippen LogP contribution is 2.21. The van der Waals surface area contributed by atoms with E-state index in [1.54, 1.807) is 0 Å². The fraction of sp³-hybridized carbons (Fsp3) is 0.300. The zero-order chi connectivity index (χ0) is 14.9. The molecule has 1 fully saturated rings. The van der Waals surface area contributed by atoms with Crippen LogP contribution in [0.4, 0.5) is 5.82 Å². The van der Waals surface area contributed by atoms with Crippen molar-refractivity contribution in [2.45, 2.75) is 17.9 Å². The van der Waals surface area contributed by atoms with Crippen molar-refractivity contribution in [1.29, 1.82) is 0 Å². The number of rotatable bonds is 3. The summed E-state index contributed by atoms with van der Waals surface area (Å²) in [5, 5.41) is 2.08. The number of aromatic nitrogens is 1. The van der Waals surface area contributed by atoms with Crippen LogP contribution < -0.4 is 16.6 Å². The number of imide groups is 1. The number of nitrogen functional groups attached to an aromatic ring is 1. The number of carbonyl (C=O) groups is 2. The molecule has 2 heterocycles. The Morgan fingerprint density at radius 3 is 2.85 bits per heavy atom. The van der Waals surface area contributed by atoms with E-state index in [1.165, 1.54) is 25.3 Å². The van der Waals surface area contributed by atoms with Gasteiger partial charge >= 0.3 is 0 Å². The Balaban J connectivity index is 2.43. The van der Waals surface area contributed by atoms with Gasteiger partial charge in [-0.2, -0.15) is 4.31 Å². The van der Waals surface area contributed by atoms with Crippen LogP contribution in [0.15, 0.2) is 23.2 Å². The second-order valence-electron chi connectivity index (χ2n) is 4.16. The number of carbonyl (C=O) groups excluding carboxylic acids is 2. The van der Waals surface area contributed by atoms with Crippen LogP contribution in [0, 0.1) is 0 Å². The summed E-state index contributed by atoms with van der Waals surface area (Å²) in [5.41, 5.74) is 2.23.